The highest BCUT2D eigenvalue weighted by Crippen LogP contribution is 2.43. The van der Waals surface area contributed by atoms with E-state index < -0.39 is 40.5 Å². The Morgan fingerprint density at radius 3 is 0.583 bits per heavy atom. The largest absolute Gasteiger partial charge is 0.352 e. The van der Waals surface area contributed by atoms with Crippen molar-refractivity contribution in [3.63, 3.8) is 0 Å². The molecule has 0 radical (unpaired) electrons. The summed E-state index contributed by atoms with van der Waals surface area (Å²) in [5.41, 5.74) is 4.84. The second-order valence-corrected chi connectivity index (χ2v) is 27.5. The maximum absolute atomic E-state index is 12.3. The van der Waals surface area contributed by atoms with Gasteiger partial charge < -0.3 is 19.9 Å². The van der Waals surface area contributed by atoms with E-state index in [2.05, 4.69) is 147 Å². The first-order valence-electron chi connectivity index (χ1n) is 19.7. The molecule has 8 N–H and O–H groups in total. The normalized spacial score (nSPS) is 13.6. The number of benzene rings is 4. The minimum absolute atomic E-state index is 0.380. The average Bonchev–Trinajstić information content (AvgIpc) is 3.97. The highest BCUT2D eigenvalue weighted by atomic mass is 79.9. The molecule has 0 unspecified atom stereocenters. The molecule has 1 aliphatic rings. The fraction of sp³-hybridized carbons (Fsp3) is 0. The Balaban J connectivity index is 1.56. The topological polar surface area (TPSA) is 281 Å². The summed E-state index contributed by atoms with van der Waals surface area (Å²) in [4.78, 5) is 12.7. The molecule has 0 spiro atoms. The number of aromatic nitrogens is 4. The van der Waals surface area contributed by atoms with Crippen LogP contribution in [0, 0.1) is 0 Å². The van der Waals surface area contributed by atoms with Crippen molar-refractivity contribution in [2.45, 2.75) is 19.6 Å². The Hall–Kier alpha value is -3.04. The van der Waals surface area contributed by atoms with Crippen molar-refractivity contribution in [3.05, 3.63) is 199 Å². The third-order valence-corrected chi connectivity index (χ3v) is 23.2. The number of rotatable bonds is 8. The minimum Gasteiger partial charge on any atom is -0.352 e. The first kappa shape index (κ1) is 53.8. The molecule has 0 amide bonds. The summed E-state index contributed by atoms with van der Waals surface area (Å²) in [7, 11) is -18.5. The number of H-pyrrole nitrogens is 4. The van der Waals surface area contributed by atoms with E-state index in [4.69, 9.17) is 0 Å². The van der Waals surface area contributed by atoms with Crippen LogP contribution < -0.4 is 21.4 Å². The van der Waals surface area contributed by atoms with Gasteiger partial charge in [-0.2, -0.15) is 33.7 Å². The smallest absolute Gasteiger partial charge is 0.294 e. The van der Waals surface area contributed by atoms with Gasteiger partial charge in [0.15, 0.2) is 0 Å². The van der Waals surface area contributed by atoms with Gasteiger partial charge in [-0.25, -0.2) is 0 Å². The van der Waals surface area contributed by atoms with E-state index in [1.54, 1.807) is 0 Å². The number of hydrogen-bond acceptors (Lipinski definition) is 8. The maximum Gasteiger partial charge on any atom is 0.294 e. The summed E-state index contributed by atoms with van der Waals surface area (Å²) in [6.45, 7) is 0. The lowest BCUT2D eigenvalue weighted by Crippen LogP contribution is -2.20. The van der Waals surface area contributed by atoms with Crippen LogP contribution in [-0.2, 0) is 40.5 Å². The van der Waals surface area contributed by atoms with Crippen LogP contribution in [0.3, 0.4) is 0 Å². The number of hydrogen-bond donors (Lipinski definition) is 8. The maximum atomic E-state index is 12.3. The molecule has 372 valence electrons. The molecule has 0 saturated heterocycles. The van der Waals surface area contributed by atoms with Crippen molar-refractivity contribution in [3.8, 4) is 0 Å². The van der Waals surface area contributed by atoms with E-state index in [1.807, 2.05) is 0 Å². The molecule has 4 aromatic carbocycles. The van der Waals surface area contributed by atoms with Gasteiger partial charge in [-0.15, -0.1) is 0 Å². The highest BCUT2D eigenvalue weighted by Gasteiger charge is 2.30. The molecule has 0 aliphatic carbocycles. The van der Waals surface area contributed by atoms with Gasteiger partial charge in [0.1, 0.15) is 0 Å². The Labute approximate surface area is 475 Å². The van der Waals surface area contributed by atoms with Crippen LogP contribution in [0.2, 0.25) is 0 Å². The predicted molar refractivity (Wildman–Crippen MR) is 295 cm³/mol. The summed E-state index contributed by atoms with van der Waals surface area (Å²) in [6.07, 6.45) is 0. The van der Waals surface area contributed by atoms with Crippen LogP contribution in [0.1, 0.15) is 45.0 Å². The van der Waals surface area contributed by atoms with Gasteiger partial charge >= 0.3 is 0 Å². The molecule has 5 heterocycles. The van der Waals surface area contributed by atoms with Gasteiger partial charge in [0.05, 0.1) is 99.5 Å². The lowest BCUT2D eigenvalue weighted by molar-refractivity contribution is 0.481. The van der Waals surface area contributed by atoms with E-state index >= 15 is 0 Å². The minimum atomic E-state index is -4.63. The van der Waals surface area contributed by atoms with Gasteiger partial charge in [0.25, 0.3) is 40.5 Å². The van der Waals surface area contributed by atoms with Gasteiger partial charge in [-0.05, 0) is 198 Å². The zero-order valence-corrected chi connectivity index (χ0v) is 50.9. The molecule has 8 aromatic rings. The van der Waals surface area contributed by atoms with Crippen LogP contribution in [-0.4, -0.2) is 71.8 Å². The lowest BCUT2D eigenvalue weighted by atomic mass is 10.0. The predicted octanol–water partition coefficient (Wildman–Crippen LogP) is 9.39. The van der Waals surface area contributed by atoms with Gasteiger partial charge in [0.2, 0.25) is 0 Å². The number of fused-ring (bicyclic) bond motifs is 8. The van der Waals surface area contributed by atoms with E-state index in [0.717, 1.165) is 0 Å². The van der Waals surface area contributed by atoms with E-state index in [0.29, 0.717) is 125 Å². The first-order chi connectivity index (χ1) is 33.6. The molecular formula is C44H24Br8N4O12S4. The van der Waals surface area contributed by atoms with Gasteiger partial charge in [-0.1, -0.05) is 48.5 Å². The summed E-state index contributed by atoms with van der Waals surface area (Å²) in [5, 5.41) is 1.54. The molecule has 4 aromatic heterocycles. The standard InChI is InChI=1S/C44H24Br8N4O12S4/c45-29-31(47)39-26(18-3-11-22(12-4-18)70(60,61)62)41-33(49)35(51)43(55-41)28(20-7-15-24(16-8-20)72(66,67)68)44-36(52)34(50)42(56-44)27(19-5-13-23(14-6-19)71(63,64)65)40-32(48)30(46)38(54-40)25(37(29)53-39)17-1-9-21(10-2-17)69(57,58)59/h1-16,53-56H,(H,57,58,59)(H,60,61,62)(H,63,64,65)(H,66,67,68). The molecule has 0 atom stereocenters. The Bertz CT molecular complexity index is 3830. The number of nitrogens with one attached hydrogen (secondary N) is 4. The summed E-state index contributed by atoms with van der Waals surface area (Å²) in [6, 6.07) is 21.8. The fourth-order valence-electron chi connectivity index (χ4n) is 8.02. The van der Waals surface area contributed by atoms with Crippen LogP contribution in [0.25, 0.3) is 22.3 Å². The molecular weight excluding hydrogens is 1540 g/mol. The summed E-state index contributed by atoms with van der Waals surface area (Å²) < 4.78 is 142. The lowest BCUT2D eigenvalue weighted by Gasteiger charge is -2.11. The molecule has 0 saturated carbocycles. The van der Waals surface area contributed by atoms with E-state index in [1.165, 1.54) is 97.1 Å². The summed E-state index contributed by atoms with van der Waals surface area (Å²) in [5.74, 6) is 0. The second-order valence-electron chi connectivity index (χ2n) is 15.5. The number of halogens is 8. The number of aromatic amines is 4. The van der Waals surface area contributed by atoms with Crippen molar-refractivity contribution in [1.29, 1.82) is 0 Å². The quantitative estimate of drug-likeness (QED) is 0.0661. The molecule has 72 heavy (non-hydrogen) atoms. The molecule has 16 nitrogen and oxygen atoms in total. The highest BCUT2D eigenvalue weighted by molar-refractivity contribution is 9.14. The molecule has 28 heteroatoms. The van der Waals surface area contributed by atoms with Crippen LogP contribution in [0.5, 0.6) is 0 Å². The second kappa shape index (κ2) is 19.5. The zero-order chi connectivity index (χ0) is 52.3. The van der Waals surface area contributed by atoms with Gasteiger partial charge in [-0.3, -0.25) is 18.2 Å². The van der Waals surface area contributed by atoms with E-state index in [9.17, 15) is 51.9 Å². The molecule has 1 aliphatic heterocycles. The molecule has 9 rings (SSSR count). The Morgan fingerprint density at radius 2 is 0.431 bits per heavy atom. The molecule has 8 bridgehead atoms. The average molecular weight is 1570 g/mol. The van der Waals surface area contributed by atoms with E-state index in [-0.39, 0.29) is 19.6 Å². The SMILES string of the molecule is O=S(=O)(O)c1ccc(C2=c3[nH]c(c(Br)c3Br)=C(c3ccc(S(=O)(=O)O)cc3)c3[nH]c(c(Br)c3Br)C(c3ccc(S(=O)(=O)O)cc3)=c3[nH]c(c(Br)c3Br)=C(c3ccc(S(=O)(=O)O)cc3)c3[nH]c2c(Br)c3Br)cc1. The van der Waals surface area contributed by atoms with Crippen LogP contribution >= 0.6 is 127 Å². The van der Waals surface area contributed by atoms with Crippen LogP contribution in [0.4, 0.5) is 0 Å². The fourth-order valence-corrected chi connectivity index (χ4v) is 13.9. The van der Waals surface area contributed by atoms with Crippen LogP contribution in [0.15, 0.2) is 152 Å². The van der Waals surface area contributed by atoms with Crippen molar-refractivity contribution in [2.24, 2.45) is 0 Å². The first-order valence-corrected chi connectivity index (χ1v) is 31.8. The van der Waals surface area contributed by atoms with Crippen molar-refractivity contribution < 1.29 is 51.9 Å². The molecule has 0 fully saturated rings. The van der Waals surface area contributed by atoms with Crippen molar-refractivity contribution in [1.82, 2.24) is 19.9 Å². The monoisotopic (exact) mass is 1560 g/mol. The third-order valence-electron chi connectivity index (χ3n) is 11.3. The zero-order valence-electron chi connectivity index (χ0n) is 34.9. The summed E-state index contributed by atoms with van der Waals surface area (Å²) >= 11 is 30.4. The van der Waals surface area contributed by atoms with Crippen molar-refractivity contribution >= 4 is 190 Å². The Kier molecular flexibility index (Phi) is 14.6. The Morgan fingerprint density at radius 1 is 0.264 bits per heavy atom. The third kappa shape index (κ3) is 9.74. The van der Waals surface area contributed by atoms with Crippen molar-refractivity contribution in [2.75, 3.05) is 0 Å². The van der Waals surface area contributed by atoms with Gasteiger partial charge in [0, 0.05) is 22.3 Å².